The molecule has 22 heavy (non-hydrogen) atoms. The van der Waals surface area contributed by atoms with Gasteiger partial charge in [-0.1, -0.05) is 19.1 Å². The molecule has 1 atom stereocenters. The molecule has 1 saturated heterocycles. The molecule has 0 radical (unpaired) electrons. The van der Waals surface area contributed by atoms with E-state index in [9.17, 15) is 13.2 Å². The van der Waals surface area contributed by atoms with Crippen LogP contribution in [0, 0.1) is 5.41 Å². The van der Waals surface area contributed by atoms with Crippen molar-refractivity contribution in [2.75, 3.05) is 26.7 Å². The molecule has 0 aliphatic carbocycles. The molecule has 1 aliphatic rings. The zero-order chi connectivity index (χ0) is 16.4. The highest BCUT2D eigenvalue weighted by Crippen LogP contribution is 2.31. The number of ether oxygens (including phenoxy) is 1. The van der Waals surface area contributed by atoms with Gasteiger partial charge in [0.05, 0.1) is 18.4 Å². The number of nitrogens with zero attached hydrogens (tertiary/aromatic N) is 1. The summed E-state index contributed by atoms with van der Waals surface area (Å²) < 4.78 is 31.2. The Morgan fingerprint density at radius 2 is 2.18 bits per heavy atom. The zero-order valence-corrected chi connectivity index (χ0v) is 13.7. The highest BCUT2D eigenvalue weighted by atomic mass is 32.2. The number of carbonyl (C=O) groups is 1. The summed E-state index contributed by atoms with van der Waals surface area (Å²) in [5.41, 5.74) is 6.49. The van der Waals surface area contributed by atoms with Crippen LogP contribution in [0.5, 0.6) is 0 Å². The summed E-state index contributed by atoms with van der Waals surface area (Å²) in [7, 11) is -2.12. The van der Waals surface area contributed by atoms with Gasteiger partial charge in [-0.05, 0) is 36.1 Å². The molecule has 1 aromatic carbocycles. The smallest absolute Gasteiger partial charge is 0.337 e. The van der Waals surface area contributed by atoms with Gasteiger partial charge in [0.15, 0.2) is 0 Å². The lowest BCUT2D eigenvalue weighted by Crippen LogP contribution is -2.35. The van der Waals surface area contributed by atoms with Gasteiger partial charge in [0.25, 0.3) is 0 Å². The molecular weight excluding hydrogens is 304 g/mol. The summed E-state index contributed by atoms with van der Waals surface area (Å²) >= 11 is 0. The van der Waals surface area contributed by atoms with Crippen LogP contribution < -0.4 is 5.73 Å². The second kappa shape index (κ2) is 6.36. The Balaban J connectivity index is 2.15. The van der Waals surface area contributed by atoms with Crippen LogP contribution in [0.1, 0.15) is 29.3 Å². The standard InChI is InChI=1S/C15H22N2O4S/c1-15(10-16)6-7-17(11-15)22(19,20)9-12-4-3-5-13(8-12)14(18)21-2/h3-5,8H,6-7,9-11,16H2,1-2H3. The van der Waals surface area contributed by atoms with Gasteiger partial charge in [-0.15, -0.1) is 0 Å². The van der Waals surface area contributed by atoms with Gasteiger partial charge in [-0.2, -0.15) is 0 Å². The van der Waals surface area contributed by atoms with Crippen molar-refractivity contribution in [3.8, 4) is 0 Å². The highest BCUT2D eigenvalue weighted by molar-refractivity contribution is 7.88. The number of carbonyl (C=O) groups excluding carboxylic acids is 1. The van der Waals surface area contributed by atoms with Crippen LogP contribution in [0.3, 0.4) is 0 Å². The van der Waals surface area contributed by atoms with Crippen LogP contribution in [0.15, 0.2) is 24.3 Å². The first-order valence-electron chi connectivity index (χ1n) is 7.15. The summed E-state index contributed by atoms with van der Waals surface area (Å²) in [5, 5.41) is 0. The number of esters is 1. The number of hydrogen-bond acceptors (Lipinski definition) is 5. The van der Waals surface area contributed by atoms with Crippen molar-refractivity contribution >= 4 is 16.0 Å². The molecule has 2 N–H and O–H groups in total. The van der Waals surface area contributed by atoms with Crippen LogP contribution in [-0.4, -0.2) is 45.4 Å². The molecule has 1 fully saturated rings. The predicted octanol–water partition coefficient (Wildman–Crippen LogP) is 0.974. The van der Waals surface area contributed by atoms with Gasteiger partial charge < -0.3 is 10.5 Å². The number of nitrogens with two attached hydrogens (primary N) is 1. The molecule has 7 heteroatoms. The number of hydrogen-bond donors (Lipinski definition) is 1. The maximum absolute atomic E-state index is 12.5. The quantitative estimate of drug-likeness (QED) is 0.815. The van der Waals surface area contributed by atoms with E-state index in [2.05, 4.69) is 4.74 Å². The molecule has 0 bridgehead atoms. The van der Waals surface area contributed by atoms with Crippen molar-refractivity contribution in [1.29, 1.82) is 0 Å². The van der Waals surface area contributed by atoms with Gasteiger partial charge >= 0.3 is 5.97 Å². The van der Waals surface area contributed by atoms with Crippen molar-refractivity contribution in [3.63, 3.8) is 0 Å². The van der Waals surface area contributed by atoms with Crippen molar-refractivity contribution in [2.45, 2.75) is 19.1 Å². The van der Waals surface area contributed by atoms with Crippen LogP contribution in [0.4, 0.5) is 0 Å². The monoisotopic (exact) mass is 326 g/mol. The molecule has 0 aromatic heterocycles. The third kappa shape index (κ3) is 3.66. The molecule has 1 aromatic rings. The number of rotatable bonds is 5. The molecule has 1 unspecified atom stereocenters. The van der Waals surface area contributed by atoms with Gasteiger partial charge in [0.2, 0.25) is 10.0 Å². The largest absolute Gasteiger partial charge is 0.465 e. The first-order chi connectivity index (χ1) is 10.3. The van der Waals surface area contributed by atoms with E-state index in [1.807, 2.05) is 6.92 Å². The van der Waals surface area contributed by atoms with Gasteiger partial charge in [0.1, 0.15) is 0 Å². The van der Waals surface area contributed by atoms with Crippen molar-refractivity contribution < 1.29 is 17.9 Å². The summed E-state index contributed by atoms with van der Waals surface area (Å²) in [4.78, 5) is 11.5. The fraction of sp³-hybridized carbons (Fsp3) is 0.533. The van der Waals surface area contributed by atoms with E-state index in [0.717, 1.165) is 6.42 Å². The van der Waals surface area contributed by atoms with E-state index in [4.69, 9.17) is 5.73 Å². The van der Waals surface area contributed by atoms with Crippen LogP contribution in [0.2, 0.25) is 0 Å². The van der Waals surface area contributed by atoms with Crippen molar-refractivity contribution in [2.24, 2.45) is 11.1 Å². The Kier molecular flexibility index (Phi) is 4.89. The first kappa shape index (κ1) is 16.9. The third-order valence-corrected chi connectivity index (χ3v) is 5.90. The maximum Gasteiger partial charge on any atom is 0.337 e. The Morgan fingerprint density at radius 1 is 1.45 bits per heavy atom. The van der Waals surface area contributed by atoms with Crippen LogP contribution >= 0.6 is 0 Å². The summed E-state index contributed by atoms with van der Waals surface area (Å²) in [5.74, 6) is -0.602. The fourth-order valence-electron chi connectivity index (χ4n) is 2.59. The van der Waals surface area contributed by atoms with E-state index in [1.165, 1.54) is 11.4 Å². The Morgan fingerprint density at radius 3 is 2.77 bits per heavy atom. The van der Waals surface area contributed by atoms with Crippen LogP contribution in [-0.2, 0) is 20.5 Å². The lowest BCUT2D eigenvalue weighted by Gasteiger charge is -2.22. The Bertz CT molecular complexity index is 659. The lowest BCUT2D eigenvalue weighted by atomic mass is 9.90. The summed E-state index contributed by atoms with van der Waals surface area (Å²) in [6.07, 6.45) is 0.769. The zero-order valence-electron chi connectivity index (χ0n) is 12.9. The highest BCUT2D eigenvalue weighted by Gasteiger charge is 2.38. The molecule has 2 rings (SSSR count). The van der Waals surface area contributed by atoms with Gasteiger partial charge in [-0.25, -0.2) is 17.5 Å². The second-order valence-electron chi connectivity index (χ2n) is 6.05. The fourth-order valence-corrected chi connectivity index (χ4v) is 4.25. The van der Waals surface area contributed by atoms with Crippen molar-refractivity contribution in [1.82, 2.24) is 4.31 Å². The van der Waals surface area contributed by atoms with Crippen LogP contribution in [0.25, 0.3) is 0 Å². The van der Waals surface area contributed by atoms with E-state index in [0.29, 0.717) is 30.8 Å². The minimum Gasteiger partial charge on any atom is -0.465 e. The number of sulfonamides is 1. The molecule has 0 amide bonds. The minimum absolute atomic E-state index is 0.127. The van der Waals surface area contributed by atoms with E-state index in [-0.39, 0.29) is 11.2 Å². The normalized spacial score (nSPS) is 22.7. The van der Waals surface area contributed by atoms with E-state index < -0.39 is 16.0 Å². The molecule has 6 nitrogen and oxygen atoms in total. The molecule has 0 spiro atoms. The molecule has 1 aliphatic heterocycles. The maximum atomic E-state index is 12.5. The predicted molar refractivity (Wildman–Crippen MR) is 83.8 cm³/mol. The molecule has 0 saturated carbocycles. The lowest BCUT2D eigenvalue weighted by molar-refractivity contribution is 0.0600. The van der Waals surface area contributed by atoms with E-state index >= 15 is 0 Å². The van der Waals surface area contributed by atoms with Gasteiger partial charge in [0, 0.05) is 13.1 Å². The second-order valence-corrected chi connectivity index (χ2v) is 8.02. The van der Waals surface area contributed by atoms with Crippen molar-refractivity contribution in [3.05, 3.63) is 35.4 Å². The average Bonchev–Trinajstić information content (AvgIpc) is 2.90. The third-order valence-electron chi connectivity index (χ3n) is 4.11. The molecular formula is C15H22N2O4S. The number of methoxy groups -OCH3 is 1. The molecule has 122 valence electrons. The SMILES string of the molecule is COC(=O)c1cccc(CS(=O)(=O)N2CCC(C)(CN)C2)c1. The molecule has 1 heterocycles. The first-order valence-corrected chi connectivity index (χ1v) is 8.76. The average molecular weight is 326 g/mol. The summed E-state index contributed by atoms with van der Waals surface area (Å²) in [6.45, 7) is 3.41. The Hall–Kier alpha value is -1.44. The number of benzene rings is 1. The van der Waals surface area contributed by atoms with E-state index in [1.54, 1.807) is 24.3 Å². The Labute approximate surface area is 131 Å². The van der Waals surface area contributed by atoms with Gasteiger partial charge in [-0.3, -0.25) is 0 Å². The minimum atomic E-state index is -3.42. The topological polar surface area (TPSA) is 89.7 Å². The summed E-state index contributed by atoms with van der Waals surface area (Å²) in [6, 6.07) is 6.51.